The number of pyridine rings is 1. The van der Waals surface area contributed by atoms with E-state index in [-0.39, 0.29) is 17.7 Å². The molecule has 0 aliphatic carbocycles. The number of aromatic nitrogens is 5. The van der Waals surface area contributed by atoms with Crippen LogP contribution < -0.4 is 0 Å². The predicted octanol–water partition coefficient (Wildman–Crippen LogP) is 2.18. The third-order valence-electron chi connectivity index (χ3n) is 3.02. The molecule has 0 N–H and O–H groups in total. The number of imidazole rings is 1. The minimum atomic E-state index is -0.447. The molecule has 21 heavy (non-hydrogen) atoms. The van der Waals surface area contributed by atoms with E-state index >= 15 is 0 Å². The number of fused-ring (bicyclic) bond motifs is 1. The van der Waals surface area contributed by atoms with Crippen molar-refractivity contribution in [2.75, 3.05) is 0 Å². The summed E-state index contributed by atoms with van der Waals surface area (Å²) in [5.41, 5.74) is 1.46. The van der Waals surface area contributed by atoms with Crippen molar-refractivity contribution in [1.29, 1.82) is 0 Å². The van der Waals surface area contributed by atoms with E-state index in [1.807, 2.05) is 0 Å². The molecule has 1 unspecified atom stereocenters. The molecular weight excluding hydrogens is 296 g/mol. The quantitative estimate of drug-likeness (QED) is 0.418. The van der Waals surface area contributed by atoms with E-state index in [2.05, 4.69) is 15.3 Å². The number of nitro groups is 1. The highest BCUT2D eigenvalue weighted by Crippen LogP contribution is 2.22. The molecule has 0 bridgehead atoms. The molecule has 0 spiro atoms. The molecule has 0 aliphatic heterocycles. The average Bonchev–Trinajstić information content (AvgIpc) is 3.02. The summed E-state index contributed by atoms with van der Waals surface area (Å²) in [5.74, 6) is -0.0680. The van der Waals surface area contributed by atoms with E-state index in [0.29, 0.717) is 17.0 Å². The largest absolute Gasteiger partial charge is 0.358 e. The first-order valence-corrected chi connectivity index (χ1v) is 6.64. The van der Waals surface area contributed by atoms with Gasteiger partial charge in [-0.25, -0.2) is 9.67 Å². The van der Waals surface area contributed by atoms with E-state index in [9.17, 15) is 10.1 Å². The van der Waals surface area contributed by atoms with Gasteiger partial charge in [0.25, 0.3) is 0 Å². The average molecular weight is 307 g/mol. The van der Waals surface area contributed by atoms with Crippen LogP contribution in [-0.4, -0.2) is 29.3 Å². The molecule has 9 heteroatoms. The Bertz CT molecular complexity index is 809. The summed E-state index contributed by atoms with van der Waals surface area (Å²) in [6.07, 6.45) is 3.27. The van der Waals surface area contributed by atoms with Crippen molar-refractivity contribution in [2.24, 2.45) is 0 Å². The zero-order chi connectivity index (χ0) is 15.0. The van der Waals surface area contributed by atoms with Crippen LogP contribution in [0.25, 0.3) is 5.65 Å². The Hall–Kier alpha value is -2.48. The zero-order valence-electron chi connectivity index (χ0n) is 11.0. The summed E-state index contributed by atoms with van der Waals surface area (Å²) in [5, 5.41) is 18.8. The minimum Gasteiger partial charge on any atom is -0.358 e. The minimum absolute atomic E-state index is 0.0680. The van der Waals surface area contributed by atoms with Gasteiger partial charge in [0.05, 0.1) is 24.3 Å². The maximum absolute atomic E-state index is 11.3. The SMILES string of the molecule is CC(Cl)c1cn(Cc2nc3ccccn3c2[N+](=O)[O-])nn1. The summed E-state index contributed by atoms with van der Waals surface area (Å²) in [7, 11) is 0. The first-order valence-electron chi connectivity index (χ1n) is 6.20. The van der Waals surface area contributed by atoms with E-state index in [4.69, 9.17) is 11.6 Å². The lowest BCUT2D eigenvalue weighted by molar-refractivity contribution is -0.391. The number of nitrogens with zero attached hydrogens (tertiary/aromatic N) is 6. The molecule has 8 nitrogen and oxygen atoms in total. The Morgan fingerprint density at radius 1 is 1.48 bits per heavy atom. The van der Waals surface area contributed by atoms with E-state index in [1.165, 1.54) is 9.08 Å². The van der Waals surface area contributed by atoms with Crippen LogP contribution in [0.2, 0.25) is 0 Å². The molecule has 3 aromatic heterocycles. The van der Waals surface area contributed by atoms with E-state index in [0.717, 1.165) is 0 Å². The van der Waals surface area contributed by atoms with Gasteiger partial charge < -0.3 is 10.1 Å². The van der Waals surface area contributed by atoms with Crippen LogP contribution in [0.3, 0.4) is 0 Å². The topological polar surface area (TPSA) is 91.2 Å². The Kier molecular flexibility index (Phi) is 3.30. The number of hydrogen-bond donors (Lipinski definition) is 0. The second-order valence-electron chi connectivity index (χ2n) is 4.53. The smallest absolute Gasteiger partial charge is 0.353 e. The summed E-state index contributed by atoms with van der Waals surface area (Å²) < 4.78 is 2.93. The number of halogens is 1. The highest BCUT2D eigenvalue weighted by Gasteiger charge is 2.22. The number of rotatable bonds is 4. The second kappa shape index (κ2) is 5.13. The van der Waals surface area contributed by atoms with Crippen LogP contribution in [0, 0.1) is 10.1 Å². The van der Waals surface area contributed by atoms with Crippen LogP contribution in [0.15, 0.2) is 30.6 Å². The molecule has 3 rings (SSSR count). The van der Waals surface area contributed by atoms with Crippen LogP contribution >= 0.6 is 11.6 Å². The van der Waals surface area contributed by atoms with Crippen LogP contribution in [0.1, 0.15) is 23.7 Å². The monoisotopic (exact) mass is 306 g/mol. The predicted molar refractivity (Wildman–Crippen MR) is 75.2 cm³/mol. The maximum Gasteiger partial charge on any atom is 0.353 e. The maximum atomic E-state index is 11.3. The zero-order valence-corrected chi connectivity index (χ0v) is 11.8. The molecule has 0 saturated heterocycles. The van der Waals surface area contributed by atoms with Gasteiger partial charge in [0.2, 0.25) is 5.65 Å². The Morgan fingerprint density at radius 3 is 2.95 bits per heavy atom. The van der Waals surface area contributed by atoms with Gasteiger partial charge in [0, 0.05) is 6.07 Å². The molecule has 0 aliphatic rings. The standard InChI is InChI=1S/C12H11ClN6O2/c1-8(13)9-6-17(16-15-9)7-10-12(19(20)21)18-5-3-2-4-11(18)14-10/h2-6,8H,7H2,1H3. The third-order valence-corrected chi connectivity index (χ3v) is 3.25. The fourth-order valence-electron chi connectivity index (χ4n) is 2.06. The Morgan fingerprint density at radius 2 is 2.29 bits per heavy atom. The summed E-state index contributed by atoms with van der Waals surface area (Å²) in [6.45, 7) is 1.94. The number of hydrogen-bond acceptors (Lipinski definition) is 5. The third kappa shape index (κ3) is 2.45. The molecular formula is C12H11ClN6O2. The van der Waals surface area contributed by atoms with Gasteiger partial charge in [-0.1, -0.05) is 11.3 Å². The van der Waals surface area contributed by atoms with Crippen molar-refractivity contribution in [3.63, 3.8) is 0 Å². The van der Waals surface area contributed by atoms with Gasteiger partial charge in [-0.15, -0.1) is 16.7 Å². The molecule has 0 fully saturated rings. The van der Waals surface area contributed by atoms with Crippen molar-refractivity contribution in [3.8, 4) is 0 Å². The van der Waals surface area contributed by atoms with Crippen molar-refractivity contribution in [1.82, 2.24) is 24.4 Å². The highest BCUT2D eigenvalue weighted by atomic mass is 35.5. The summed E-state index contributed by atoms with van der Waals surface area (Å²) in [4.78, 5) is 15.1. The molecule has 0 aromatic carbocycles. The molecule has 108 valence electrons. The van der Waals surface area contributed by atoms with Gasteiger partial charge in [-0.05, 0) is 17.9 Å². The molecule has 0 amide bonds. The van der Waals surface area contributed by atoms with Gasteiger partial charge in [-0.3, -0.25) is 0 Å². The van der Waals surface area contributed by atoms with Crippen molar-refractivity contribution < 1.29 is 4.92 Å². The van der Waals surface area contributed by atoms with E-state index < -0.39 is 4.92 Å². The lowest BCUT2D eigenvalue weighted by Gasteiger charge is -1.98. The summed E-state index contributed by atoms with van der Waals surface area (Å²) >= 11 is 5.92. The molecule has 0 saturated carbocycles. The van der Waals surface area contributed by atoms with Gasteiger partial charge in [-0.2, -0.15) is 4.40 Å². The van der Waals surface area contributed by atoms with Gasteiger partial charge in [0.15, 0.2) is 5.69 Å². The van der Waals surface area contributed by atoms with Crippen LogP contribution in [0.4, 0.5) is 5.82 Å². The van der Waals surface area contributed by atoms with Crippen LogP contribution in [-0.2, 0) is 6.54 Å². The van der Waals surface area contributed by atoms with Gasteiger partial charge in [0.1, 0.15) is 5.69 Å². The van der Waals surface area contributed by atoms with Gasteiger partial charge >= 0.3 is 5.82 Å². The molecule has 3 aromatic rings. The lowest BCUT2D eigenvalue weighted by Crippen LogP contribution is -2.04. The molecule has 1 atom stereocenters. The Labute approximate surface area is 124 Å². The lowest BCUT2D eigenvalue weighted by atomic mass is 10.3. The molecule has 0 radical (unpaired) electrons. The highest BCUT2D eigenvalue weighted by molar-refractivity contribution is 6.20. The van der Waals surface area contributed by atoms with E-state index in [1.54, 1.807) is 37.5 Å². The van der Waals surface area contributed by atoms with Crippen LogP contribution in [0.5, 0.6) is 0 Å². The van der Waals surface area contributed by atoms with Crippen molar-refractivity contribution >= 4 is 23.1 Å². The summed E-state index contributed by atoms with van der Waals surface area (Å²) in [6, 6.07) is 5.21. The van der Waals surface area contributed by atoms with Crippen molar-refractivity contribution in [3.05, 3.63) is 52.1 Å². The fraction of sp³-hybridized carbons (Fsp3) is 0.250. The fourth-order valence-corrected chi connectivity index (χ4v) is 2.16. The van der Waals surface area contributed by atoms with Crippen molar-refractivity contribution in [2.45, 2.75) is 18.8 Å². The Balaban J connectivity index is 2.03. The number of alkyl halides is 1. The second-order valence-corrected chi connectivity index (χ2v) is 5.18. The first-order chi connectivity index (χ1) is 10.1. The first kappa shape index (κ1) is 13.5. The normalized spacial score (nSPS) is 12.7. The molecule has 3 heterocycles.